The van der Waals surface area contributed by atoms with Crippen molar-refractivity contribution in [1.29, 1.82) is 0 Å². The van der Waals surface area contributed by atoms with Gasteiger partial charge in [-0.1, -0.05) is 0 Å². The van der Waals surface area contributed by atoms with Crippen molar-refractivity contribution in [1.82, 2.24) is 0 Å². The van der Waals surface area contributed by atoms with Gasteiger partial charge in [-0.25, -0.2) is 0 Å². The topological polar surface area (TPSA) is 61.4 Å². The zero-order valence-corrected chi connectivity index (χ0v) is 11.2. The Kier molecular flexibility index (Phi) is 4.43. The normalized spacial score (nSPS) is 10.0. The van der Waals surface area contributed by atoms with E-state index in [4.69, 9.17) is 4.55 Å². The van der Waals surface area contributed by atoms with Crippen LogP contribution >= 0.6 is 12.0 Å². The molecule has 0 fully saturated rings. The number of carbonyl (C=O) groups is 1. The van der Waals surface area contributed by atoms with Crippen molar-refractivity contribution in [2.45, 2.75) is 4.90 Å². The van der Waals surface area contributed by atoms with Gasteiger partial charge in [0, 0.05) is 40.9 Å². The van der Waals surface area contributed by atoms with Crippen LogP contribution in [0.4, 0.5) is 11.4 Å². The third kappa shape index (κ3) is 3.49. The second-order valence-electron chi connectivity index (χ2n) is 3.90. The van der Waals surface area contributed by atoms with E-state index in [0.29, 0.717) is 23.3 Å². The molecule has 98 valence electrons. The molecule has 0 bridgehead atoms. The lowest BCUT2D eigenvalue weighted by atomic mass is 10.2. The lowest BCUT2D eigenvalue weighted by Gasteiger charge is -2.06. The second-order valence-corrected chi connectivity index (χ2v) is 4.55. The monoisotopic (exact) mass is 274 g/mol. The number of hydrogen-bond donors (Lipinski definition) is 3. The number of nitrogens with one attached hydrogen (secondary N) is 2. The zero-order valence-electron chi connectivity index (χ0n) is 10.4. The Labute approximate surface area is 116 Å². The van der Waals surface area contributed by atoms with Crippen molar-refractivity contribution in [3.63, 3.8) is 0 Å². The molecule has 0 heterocycles. The minimum Gasteiger partial charge on any atom is -0.388 e. The molecular formula is C14H14N2O2S. The molecule has 0 atom stereocenters. The number of hydrogen-bond acceptors (Lipinski definition) is 4. The minimum absolute atomic E-state index is 0.160. The van der Waals surface area contributed by atoms with Crippen LogP contribution in [-0.4, -0.2) is 17.5 Å². The summed E-state index contributed by atoms with van der Waals surface area (Å²) in [6.07, 6.45) is 0. The molecule has 0 aliphatic heterocycles. The Morgan fingerprint density at radius 1 is 1.00 bits per heavy atom. The smallest absolute Gasteiger partial charge is 0.255 e. The predicted molar refractivity (Wildman–Crippen MR) is 78.9 cm³/mol. The van der Waals surface area contributed by atoms with Gasteiger partial charge in [0.15, 0.2) is 0 Å². The first-order valence-corrected chi connectivity index (χ1v) is 6.51. The molecule has 0 aliphatic carbocycles. The van der Waals surface area contributed by atoms with Crippen molar-refractivity contribution in [2.75, 3.05) is 17.7 Å². The van der Waals surface area contributed by atoms with Crippen LogP contribution in [0, 0.1) is 0 Å². The molecule has 0 aliphatic rings. The van der Waals surface area contributed by atoms with Crippen LogP contribution in [0.3, 0.4) is 0 Å². The molecule has 0 aromatic heterocycles. The molecule has 2 rings (SSSR count). The lowest BCUT2D eigenvalue weighted by Crippen LogP contribution is -2.11. The molecular weight excluding hydrogens is 260 g/mol. The second kappa shape index (κ2) is 6.26. The van der Waals surface area contributed by atoms with Gasteiger partial charge in [-0.2, -0.15) is 0 Å². The molecule has 5 heteroatoms. The van der Waals surface area contributed by atoms with Crippen LogP contribution in [0.25, 0.3) is 0 Å². The van der Waals surface area contributed by atoms with E-state index in [-0.39, 0.29) is 5.91 Å². The van der Waals surface area contributed by atoms with Gasteiger partial charge >= 0.3 is 0 Å². The largest absolute Gasteiger partial charge is 0.388 e. The van der Waals surface area contributed by atoms with E-state index in [1.54, 1.807) is 36.4 Å². The summed E-state index contributed by atoms with van der Waals surface area (Å²) in [5, 5.41) is 5.79. The van der Waals surface area contributed by atoms with Crippen LogP contribution in [0.15, 0.2) is 53.4 Å². The van der Waals surface area contributed by atoms with Gasteiger partial charge in [0.25, 0.3) is 5.91 Å². The predicted octanol–water partition coefficient (Wildman–Crippen LogP) is 3.55. The summed E-state index contributed by atoms with van der Waals surface area (Å²) in [7, 11) is 1.83. The Balaban J connectivity index is 2.06. The summed E-state index contributed by atoms with van der Waals surface area (Å²) in [6.45, 7) is 0. The lowest BCUT2D eigenvalue weighted by molar-refractivity contribution is 0.102. The molecule has 3 N–H and O–H groups in total. The fourth-order valence-electron chi connectivity index (χ4n) is 1.59. The quantitative estimate of drug-likeness (QED) is 0.746. The van der Waals surface area contributed by atoms with E-state index >= 15 is 0 Å². The zero-order chi connectivity index (χ0) is 13.7. The van der Waals surface area contributed by atoms with Crippen LogP contribution < -0.4 is 10.6 Å². The molecule has 1 amide bonds. The maximum Gasteiger partial charge on any atom is 0.255 e. The number of anilines is 2. The van der Waals surface area contributed by atoms with Gasteiger partial charge in [-0.05, 0) is 48.5 Å². The van der Waals surface area contributed by atoms with Crippen molar-refractivity contribution in [3.8, 4) is 0 Å². The molecule has 2 aromatic carbocycles. The summed E-state index contributed by atoms with van der Waals surface area (Å²) in [5.41, 5.74) is 2.25. The molecule has 2 aromatic rings. The van der Waals surface area contributed by atoms with Crippen LogP contribution in [0.1, 0.15) is 10.4 Å². The standard InChI is InChI=1S/C14H14N2O2S/c1-15-11-4-2-10(3-5-11)14(17)16-12-6-8-13(19-18)9-7-12/h2-9,15,18H,1H3,(H,16,17). The summed E-state index contributed by atoms with van der Waals surface area (Å²) in [4.78, 5) is 12.7. The average Bonchev–Trinajstić information content (AvgIpc) is 2.48. The van der Waals surface area contributed by atoms with Gasteiger partial charge in [0.1, 0.15) is 0 Å². The third-order valence-electron chi connectivity index (χ3n) is 2.65. The number of amides is 1. The Bertz CT molecular complexity index is 553. The fraction of sp³-hybridized carbons (Fsp3) is 0.0714. The van der Waals surface area contributed by atoms with E-state index in [0.717, 1.165) is 10.6 Å². The van der Waals surface area contributed by atoms with E-state index in [1.807, 2.05) is 19.2 Å². The Morgan fingerprint density at radius 2 is 1.58 bits per heavy atom. The fourth-order valence-corrected chi connectivity index (χ4v) is 1.85. The van der Waals surface area contributed by atoms with Crippen LogP contribution in [0.2, 0.25) is 0 Å². The van der Waals surface area contributed by atoms with E-state index in [2.05, 4.69) is 10.6 Å². The first-order valence-electron chi connectivity index (χ1n) is 5.73. The molecule has 0 radical (unpaired) electrons. The van der Waals surface area contributed by atoms with Crippen LogP contribution in [-0.2, 0) is 0 Å². The van der Waals surface area contributed by atoms with Gasteiger partial charge in [0.2, 0.25) is 0 Å². The maximum absolute atomic E-state index is 12.0. The van der Waals surface area contributed by atoms with E-state index < -0.39 is 0 Å². The highest BCUT2D eigenvalue weighted by molar-refractivity contribution is 7.93. The third-order valence-corrected chi connectivity index (χ3v) is 3.14. The Morgan fingerprint density at radius 3 is 2.11 bits per heavy atom. The molecule has 19 heavy (non-hydrogen) atoms. The highest BCUT2D eigenvalue weighted by Crippen LogP contribution is 2.18. The molecule has 0 spiro atoms. The highest BCUT2D eigenvalue weighted by Gasteiger charge is 2.05. The average molecular weight is 274 g/mol. The number of benzene rings is 2. The highest BCUT2D eigenvalue weighted by atomic mass is 32.2. The van der Waals surface area contributed by atoms with Crippen molar-refractivity contribution in [2.24, 2.45) is 0 Å². The molecule has 0 unspecified atom stereocenters. The first kappa shape index (κ1) is 13.5. The van der Waals surface area contributed by atoms with Crippen molar-refractivity contribution >= 4 is 29.3 Å². The van der Waals surface area contributed by atoms with Crippen molar-refractivity contribution in [3.05, 3.63) is 54.1 Å². The summed E-state index contributed by atoms with van der Waals surface area (Å²) in [6, 6.07) is 14.2. The summed E-state index contributed by atoms with van der Waals surface area (Å²) in [5.74, 6) is -0.160. The van der Waals surface area contributed by atoms with Gasteiger partial charge in [0.05, 0.1) is 0 Å². The number of rotatable bonds is 4. The molecule has 0 saturated carbocycles. The van der Waals surface area contributed by atoms with Crippen molar-refractivity contribution < 1.29 is 9.35 Å². The van der Waals surface area contributed by atoms with E-state index in [1.165, 1.54) is 0 Å². The van der Waals surface area contributed by atoms with E-state index in [9.17, 15) is 4.79 Å². The first-order chi connectivity index (χ1) is 9.22. The molecule has 0 saturated heterocycles. The van der Waals surface area contributed by atoms with Gasteiger partial charge in [-0.15, -0.1) is 0 Å². The number of carbonyl (C=O) groups excluding carboxylic acids is 1. The molecule has 4 nitrogen and oxygen atoms in total. The van der Waals surface area contributed by atoms with Crippen LogP contribution in [0.5, 0.6) is 0 Å². The maximum atomic E-state index is 12.0. The Hall–Kier alpha value is -1.98. The summed E-state index contributed by atoms with van der Waals surface area (Å²) < 4.78 is 8.86. The SMILES string of the molecule is CNc1ccc(C(=O)Nc2ccc(SO)cc2)cc1. The minimum atomic E-state index is -0.160. The van der Waals surface area contributed by atoms with Gasteiger partial charge < -0.3 is 15.2 Å². The summed E-state index contributed by atoms with van der Waals surface area (Å²) >= 11 is 0.677. The van der Waals surface area contributed by atoms with Gasteiger partial charge in [-0.3, -0.25) is 4.79 Å².